The van der Waals surface area contributed by atoms with Crippen molar-refractivity contribution in [2.45, 2.75) is 362 Å². The van der Waals surface area contributed by atoms with Crippen molar-refractivity contribution < 1.29 is 80.2 Å². The number of rotatable bonds is 69. The van der Waals surface area contributed by atoms with Crippen LogP contribution in [0.2, 0.25) is 0 Å². The fourth-order valence-corrected chi connectivity index (χ4v) is 11.9. The van der Waals surface area contributed by atoms with E-state index in [1.807, 2.05) is 0 Å². The molecule has 0 rings (SSSR count). The topological polar surface area (TPSA) is 237 Å². The average molecular weight is 1340 g/mol. The lowest BCUT2D eigenvalue weighted by atomic mass is 10.00. The monoisotopic (exact) mass is 1330 g/mol. The molecule has 0 aromatic heterocycles. The summed E-state index contributed by atoms with van der Waals surface area (Å²) in [5.41, 5.74) is 0. The van der Waals surface area contributed by atoms with Gasteiger partial charge in [-0.1, -0.05) is 291 Å². The van der Waals surface area contributed by atoms with E-state index in [1.165, 1.54) is 135 Å². The molecule has 0 aliphatic carbocycles. The molecule has 0 saturated heterocycles. The van der Waals surface area contributed by atoms with E-state index in [2.05, 4.69) is 65.8 Å². The number of hydrogen-bond acceptors (Lipinski definition) is 15. The number of aliphatic hydroxyl groups excluding tert-OH is 1. The molecule has 0 saturated carbocycles. The summed E-state index contributed by atoms with van der Waals surface area (Å²) in [4.78, 5) is 72.6. The highest BCUT2D eigenvalue weighted by molar-refractivity contribution is 7.47. The molecule has 4 unspecified atom stereocenters. The van der Waals surface area contributed by atoms with Crippen LogP contribution in [0.25, 0.3) is 0 Å². The number of carbonyl (C=O) groups is 4. The molecule has 0 fully saturated rings. The first kappa shape index (κ1) is 88.5. The molecular weight excluding hydrogens is 1200 g/mol. The molecule has 0 aromatic rings. The van der Waals surface area contributed by atoms with Crippen LogP contribution in [0.4, 0.5) is 0 Å². The van der Waals surface area contributed by atoms with Gasteiger partial charge in [-0.3, -0.25) is 37.3 Å². The van der Waals surface area contributed by atoms with E-state index in [1.54, 1.807) is 0 Å². The average Bonchev–Trinajstić information content (AvgIpc) is 3.73. The zero-order chi connectivity index (χ0) is 67.2. The minimum atomic E-state index is -4.96. The first-order valence-corrected chi connectivity index (χ1v) is 39.9. The molecule has 0 aliphatic heterocycles. The van der Waals surface area contributed by atoms with Crippen molar-refractivity contribution in [1.29, 1.82) is 0 Å². The molecule has 536 valence electrons. The SMILES string of the molecule is CCCCCC/C=C\C=C/CCCCCCCC(=O)OC[C@H](COP(=O)(O)OC[C@@H](O)COP(=O)(O)OC[C@@H](COC(=O)CCCCCCCCC(C)CC)OC(=O)CCCCCCCCC(C)CC)OC(=O)CCCCCCCCCCCCCCCCCC. The third-order valence-electron chi connectivity index (χ3n) is 16.8. The number of allylic oxidation sites excluding steroid dienone is 4. The summed E-state index contributed by atoms with van der Waals surface area (Å²) in [5, 5.41) is 10.6. The zero-order valence-corrected chi connectivity index (χ0v) is 60.4. The Hall–Kier alpha value is -2.46. The molecule has 19 heteroatoms. The van der Waals surface area contributed by atoms with Gasteiger partial charge in [0.15, 0.2) is 12.2 Å². The van der Waals surface area contributed by atoms with Gasteiger partial charge >= 0.3 is 39.5 Å². The molecule has 7 atom stereocenters. The van der Waals surface area contributed by atoms with Gasteiger partial charge in [0.05, 0.1) is 26.4 Å². The first-order valence-electron chi connectivity index (χ1n) is 36.9. The highest BCUT2D eigenvalue weighted by Crippen LogP contribution is 2.45. The summed E-state index contributed by atoms with van der Waals surface area (Å²) in [7, 11) is -9.91. The Morgan fingerprint density at radius 2 is 0.615 bits per heavy atom. The number of hydrogen-bond donors (Lipinski definition) is 3. The van der Waals surface area contributed by atoms with E-state index in [4.69, 9.17) is 37.0 Å². The van der Waals surface area contributed by atoms with E-state index in [9.17, 15) is 43.2 Å². The number of ether oxygens (including phenoxy) is 4. The molecule has 3 N–H and O–H groups in total. The number of carbonyl (C=O) groups excluding carboxylic acids is 4. The minimum absolute atomic E-state index is 0.0998. The molecule has 0 radical (unpaired) electrons. The van der Waals surface area contributed by atoms with Crippen LogP contribution in [-0.4, -0.2) is 96.7 Å². The molecule has 0 aromatic carbocycles. The summed E-state index contributed by atoms with van der Waals surface area (Å²) in [6.45, 7) is 9.40. The van der Waals surface area contributed by atoms with Crippen LogP contribution in [0, 0.1) is 11.8 Å². The van der Waals surface area contributed by atoms with Gasteiger partial charge in [-0.05, 0) is 63.2 Å². The smallest absolute Gasteiger partial charge is 0.462 e. The second kappa shape index (κ2) is 63.6. The van der Waals surface area contributed by atoms with E-state index in [0.29, 0.717) is 25.7 Å². The summed E-state index contributed by atoms with van der Waals surface area (Å²) in [6.07, 6.45) is 52.2. The number of unbranched alkanes of at least 4 members (excludes halogenated alkanes) is 34. The normalized spacial score (nSPS) is 14.9. The Morgan fingerprint density at radius 1 is 0.352 bits per heavy atom. The maximum atomic E-state index is 13.0. The second-order valence-electron chi connectivity index (χ2n) is 25.8. The molecule has 0 bridgehead atoms. The van der Waals surface area contributed by atoms with Gasteiger partial charge in [-0.25, -0.2) is 9.13 Å². The van der Waals surface area contributed by atoms with Gasteiger partial charge in [-0.15, -0.1) is 0 Å². The third-order valence-corrected chi connectivity index (χ3v) is 18.7. The van der Waals surface area contributed by atoms with Crippen LogP contribution in [0.1, 0.15) is 343 Å². The van der Waals surface area contributed by atoms with Crippen LogP contribution >= 0.6 is 15.6 Å². The van der Waals surface area contributed by atoms with Crippen molar-refractivity contribution in [2.75, 3.05) is 39.6 Å². The fourth-order valence-electron chi connectivity index (χ4n) is 10.3. The maximum Gasteiger partial charge on any atom is 0.472 e. The van der Waals surface area contributed by atoms with Crippen LogP contribution in [0.3, 0.4) is 0 Å². The molecule has 0 aliphatic rings. The maximum absolute atomic E-state index is 13.0. The highest BCUT2D eigenvalue weighted by atomic mass is 31.2. The van der Waals surface area contributed by atoms with Crippen molar-refractivity contribution in [2.24, 2.45) is 11.8 Å². The number of aliphatic hydroxyl groups is 1. The van der Waals surface area contributed by atoms with Crippen molar-refractivity contribution in [3.05, 3.63) is 24.3 Å². The van der Waals surface area contributed by atoms with Crippen molar-refractivity contribution in [3.8, 4) is 0 Å². The molecule has 0 heterocycles. The molecule has 91 heavy (non-hydrogen) atoms. The number of esters is 4. The Morgan fingerprint density at radius 3 is 0.934 bits per heavy atom. The van der Waals surface area contributed by atoms with Crippen molar-refractivity contribution in [3.63, 3.8) is 0 Å². The van der Waals surface area contributed by atoms with Crippen molar-refractivity contribution >= 4 is 39.5 Å². The Labute approximate surface area is 554 Å². The van der Waals surface area contributed by atoms with E-state index in [0.717, 1.165) is 127 Å². The van der Waals surface area contributed by atoms with Crippen LogP contribution in [0.5, 0.6) is 0 Å². The van der Waals surface area contributed by atoms with Crippen LogP contribution in [-0.2, 0) is 65.4 Å². The summed E-state index contributed by atoms with van der Waals surface area (Å²) < 4.78 is 68.3. The van der Waals surface area contributed by atoms with E-state index < -0.39 is 97.5 Å². The lowest BCUT2D eigenvalue weighted by molar-refractivity contribution is -0.161. The summed E-state index contributed by atoms with van der Waals surface area (Å²) in [5.74, 6) is -0.708. The fraction of sp³-hybridized carbons (Fsp3) is 0.889. The quantitative estimate of drug-likeness (QED) is 0.0169. The predicted octanol–water partition coefficient (Wildman–Crippen LogP) is 20.3. The largest absolute Gasteiger partial charge is 0.472 e. The second-order valence-corrected chi connectivity index (χ2v) is 28.7. The van der Waals surface area contributed by atoms with Gasteiger partial charge in [0.2, 0.25) is 0 Å². The van der Waals surface area contributed by atoms with Gasteiger partial charge in [0, 0.05) is 25.7 Å². The Kier molecular flexibility index (Phi) is 61.9. The van der Waals surface area contributed by atoms with Gasteiger partial charge in [0.1, 0.15) is 19.3 Å². The molecule has 0 spiro atoms. The molecule has 17 nitrogen and oxygen atoms in total. The number of phosphoric ester groups is 2. The standard InChI is InChI=1S/C72H136O17P2/c1-7-11-13-15-17-19-21-23-25-27-29-31-33-35-44-50-56-71(76)88-67(60-82-69(74)54-48-42-34-32-30-28-26-24-22-20-18-16-14-12-8-2)62-86-90(78,79)84-58-66(73)59-85-91(80,81)87-63-68(89-72(77)57-51-45-39-37-41-47-53-65(6)10-4)61-83-70(75)55-49-43-38-36-40-46-52-64(5)9-3/h20,22,24,26,64-68,73H,7-19,21,23,25,27-63H2,1-6H3,(H,78,79)(H,80,81)/b22-20-,26-24-/t64?,65?,66-,67-,68-/m1/s1. The van der Waals surface area contributed by atoms with E-state index in [-0.39, 0.29) is 25.7 Å². The minimum Gasteiger partial charge on any atom is -0.462 e. The van der Waals surface area contributed by atoms with Gasteiger partial charge < -0.3 is 33.8 Å². The number of phosphoric acid groups is 2. The summed E-state index contributed by atoms with van der Waals surface area (Å²) in [6, 6.07) is 0. The van der Waals surface area contributed by atoms with Gasteiger partial charge in [0.25, 0.3) is 0 Å². The Balaban J connectivity index is 5.28. The molecular formula is C72H136O17P2. The molecule has 0 amide bonds. The Bertz CT molecular complexity index is 1870. The summed E-state index contributed by atoms with van der Waals surface area (Å²) >= 11 is 0. The third kappa shape index (κ3) is 63.4. The predicted molar refractivity (Wildman–Crippen MR) is 367 cm³/mol. The van der Waals surface area contributed by atoms with Gasteiger partial charge in [-0.2, -0.15) is 0 Å². The lowest BCUT2D eigenvalue weighted by Crippen LogP contribution is -2.30. The van der Waals surface area contributed by atoms with Crippen LogP contribution < -0.4 is 0 Å². The lowest BCUT2D eigenvalue weighted by Gasteiger charge is -2.21. The highest BCUT2D eigenvalue weighted by Gasteiger charge is 2.30. The van der Waals surface area contributed by atoms with Crippen LogP contribution in [0.15, 0.2) is 24.3 Å². The first-order chi connectivity index (χ1) is 43.9. The van der Waals surface area contributed by atoms with Crippen molar-refractivity contribution in [1.82, 2.24) is 0 Å². The van der Waals surface area contributed by atoms with E-state index >= 15 is 0 Å². The zero-order valence-electron chi connectivity index (χ0n) is 58.6.